The maximum absolute atomic E-state index is 11.1. The van der Waals surface area contributed by atoms with Gasteiger partial charge < -0.3 is 9.64 Å². The van der Waals surface area contributed by atoms with Gasteiger partial charge in [-0.1, -0.05) is 18.2 Å². The van der Waals surface area contributed by atoms with E-state index < -0.39 is 0 Å². The molecule has 0 saturated heterocycles. The van der Waals surface area contributed by atoms with Gasteiger partial charge in [0.05, 0.1) is 6.61 Å². The lowest BCUT2D eigenvalue weighted by Gasteiger charge is -2.18. The van der Waals surface area contributed by atoms with Gasteiger partial charge in [0, 0.05) is 19.7 Å². The standard InChI is InChI=1S/C15H21NO2/c1-12-3-4-13(7-8-18-2)9-14(12)10-16(11-17)15-5-6-15/h3-4,9,11,15H,5-8,10H2,1-2H3. The summed E-state index contributed by atoms with van der Waals surface area (Å²) >= 11 is 0. The predicted octanol–water partition coefficient (Wildman–Crippen LogP) is 2.30. The second kappa shape index (κ2) is 6.01. The Hall–Kier alpha value is -1.35. The number of methoxy groups -OCH3 is 1. The van der Waals surface area contributed by atoms with Crippen LogP contribution in [0.4, 0.5) is 0 Å². The molecule has 3 nitrogen and oxygen atoms in total. The van der Waals surface area contributed by atoms with Gasteiger partial charge in [-0.25, -0.2) is 0 Å². The Morgan fingerprint density at radius 3 is 2.83 bits per heavy atom. The van der Waals surface area contributed by atoms with Crippen LogP contribution in [0.5, 0.6) is 0 Å². The van der Waals surface area contributed by atoms with Gasteiger partial charge >= 0.3 is 0 Å². The maximum Gasteiger partial charge on any atom is 0.210 e. The summed E-state index contributed by atoms with van der Waals surface area (Å²) in [6.07, 6.45) is 4.22. The van der Waals surface area contributed by atoms with E-state index in [0.29, 0.717) is 6.04 Å². The Balaban J connectivity index is 2.07. The number of aryl methyl sites for hydroxylation is 1. The van der Waals surface area contributed by atoms with Crippen molar-refractivity contribution in [3.05, 3.63) is 34.9 Å². The third kappa shape index (κ3) is 3.33. The number of hydrogen-bond acceptors (Lipinski definition) is 2. The molecule has 0 N–H and O–H groups in total. The number of hydrogen-bond donors (Lipinski definition) is 0. The zero-order valence-electron chi connectivity index (χ0n) is 11.2. The van der Waals surface area contributed by atoms with Crippen molar-refractivity contribution in [1.29, 1.82) is 0 Å². The van der Waals surface area contributed by atoms with E-state index >= 15 is 0 Å². The number of nitrogens with zero attached hydrogens (tertiary/aromatic N) is 1. The summed E-state index contributed by atoms with van der Waals surface area (Å²) in [6, 6.07) is 6.95. The van der Waals surface area contributed by atoms with E-state index in [2.05, 4.69) is 25.1 Å². The third-order valence-electron chi connectivity index (χ3n) is 3.51. The van der Waals surface area contributed by atoms with Crippen molar-refractivity contribution >= 4 is 6.41 Å². The van der Waals surface area contributed by atoms with Crippen molar-refractivity contribution < 1.29 is 9.53 Å². The number of amides is 1. The number of carbonyl (C=O) groups is 1. The van der Waals surface area contributed by atoms with Gasteiger partial charge in [-0.05, 0) is 42.9 Å². The molecular formula is C15H21NO2. The number of carbonyl (C=O) groups excluding carboxylic acids is 1. The Morgan fingerprint density at radius 1 is 1.44 bits per heavy atom. The van der Waals surface area contributed by atoms with Crippen LogP contribution in [0.1, 0.15) is 29.5 Å². The largest absolute Gasteiger partial charge is 0.384 e. The van der Waals surface area contributed by atoms with Gasteiger partial charge in [-0.3, -0.25) is 4.79 Å². The van der Waals surface area contributed by atoms with E-state index in [9.17, 15) is 4.79 Å². The van der Waals surface area contributed by atoms with Gasteiger partial charge in [0.15, 0.2) is 0 Å². The lowest BCUT2D eigenvalue weighted by atomic mass is 10.0. The van der Waals surface area contributed by atoms with E-state index in [4.69, 9.17) is 4.74 Å². The normalized spacial score (nSPS) is 14.6. The first-order chi connectivity index (χ1) is 8.74. The van der Waals surface area contributed by atoms with Crippen LogP contribution in [0.3, 0.4) is 0 Å². The summed E-state index contributed by atoms with van der Waals surface area (Å²) in [4.78, 5) is 13.0. The van der Waals surface area contributed by atoms with Crippen LogP contribution in [0.25, 0.3) is 0 Å². The molecule has 0 bridgehead atoms. The highest BCUT2D eigenvalue weighted by molar-refractivity contribution is 5.49. The minimum atomic E-state index is 0.476. The van der Waals surface area contributed by atoms with Crippen molar-refractivity contribution in [2.24, 2.45) is 0 Å². The molecule has 1 aliphatic carbocycles. The lowest BCUT2D eigenvalue weighted by Crippen LogP contribution is -2.24. The Labute approximate surface area is 109 Å². The van der Waals surface area contributed by atoms with Gasteiger partial charge in [-0.2, -0.15) is 0 Å². The van der Waals surface area contributed by atoms with Gasteiger partial charge in [0.2, 0.25) is 6.41 Å². The Morgan fingerprint density at radius 2 is 2.22 bits per heavy atom. The van der Waals surface area contributed by atoms with Crippen LogP contribution in [-0.2, 0) is 22.5 Å². The zero-order chi connectivity index (χ0) is 13.0. The molecule has 18 heavy (non-hydrogen) atoms. The van der Waals surface area contributed by atoms with Gasteiger partial charge in [0.1, 0.15) is 0 Å². The van der Waals surface area contributed by atoms with Crippen LogP contribution in [0, 0.1) is 6.92 Å². The van der Waals surface area contributed by atoms with Crippen LogP contribution in [-0.4, -0.2) is 31.1 Å². The SMILES string of the molecule is COCCc1ccc(C)c(CN(C=O)C2CC2)c1. The highest BCUT2D eigenvalue weighted by Gasteiger charge is 2.28. The highest BCUT2D eigenvalue weighted by atomic mass is 16.5. The molecule has 0 heterocycles. The first kappa shape index (κ1) is 13.1. The summed E-state index contributed by atoms with van der Waals surface area (Å²) in [5.41, 5.74) is 3.78. The Bertz CT molecular complexity index is 413. The quantitative estimate of drug-likeness (QED) is 0.692. The van der Waals surface area contributed by atoms with E-state index in [0.717, 1.165) is 38.8 Å². The summed E-state index contributed by atoms with van der Waals surface area (Å²) in [5.74, 6) is 0. The van der Waals surface area contributed by atoms with Gasteiger partial charge in [-0.15, -0.1) is 0 Å². The number of rotatable bonds is 7. The summed E-state index contributed by atoms with van der Waals surface area (Å²) in [6.45, 7) is 3.58. The van der Waals surface area contributed by atoms with Crippen molar-refractivity contribution in [1.82, 2.24) is 4.90 Å². The summed E-state index contributed by atoms with van der Waals surface area (Å²) in [7, 11) is 1.72. The first-order valence-corrected chi connectivity index (χ1v) is 6.53. The lowest BCUT2D eigenvalue weighted by molar-refractivity contribution is -0.119. The van der Waals surface area contributed by atoms with Crippen LogP contribution in [0.15, 0.2) is 18.2 Å². The third-order valence-corrected chi connectivity index (χ3v) is 3.51. The first-order valence-electron chi connectivity index (χ1n) is 6.53. The molecular weight excluding hydrogens is 226 g/mol. The number of ether oxygens (including phenoxy) is 1. The molecule has 1 aromatic carbocycles. The van der Waals surface area contributed by atoms with Crippen LogP contribution < -0.4 is 0 Å². The molecule has 1 aliphatic rings. The van der Waals surface area contributed by atoms with Crippen molar-refractivity contribution in [3.8, 4) is 0 Å². The molecule has 2 rings (SSSR count). The predicted molar refractivity (Wildman–Crippen MR) is 71.4 cm³/mol. The maximum atomic E-state index is 11.1. The molecule has 98 valence electrons. The second-order valence-electron chi connectivity index (χ2n) is 5.01. The molecule has 0 aromatic heterocycles. The Kier molecular flexibility index (Phi) is 4.37. The molecule has 0 spiro atoms. The second-order valence-corrected chi connectivity index (χ2v) is 5.01. The number of benzene rings is 1. The van der Waals surface area contributed by atoms with Crippen molar-refractivity contribution in [2.75, 3.05) is 13.7 Å². The average Bonchev–Trinajstić information content (AvgIpc) is 3.20. The summed E-state index contributed by atoms with van der Waals surface area (Å²) in [5, 5.41) is 0. The fourth-order valence-electron chi connectivity index (χ4n) is 2.13. The minimum absolute atomic E-state index is 0.476. The molecule has 0 radical (unpaired) electrons. The smallest absolute Gasteiger partial charge is 0.210 e. The van der Waals surface area contributed by atoms with Crippen molar-refractivity contribution in [2.45, 2.75) is 38.8 Å². The molecule has 1 saturated carbocycles. The van der Waals surface area contributed by atoms with E-state index in [1.165, 1.54) is 16.7 Å². The fourth-order valence-corrected chi connectivity index (χ4v) is 2.13. The molecule has 0 atom stereocenters. The molecule has 0 aliphatic heterocycles. The fraction of sp³-hybridized carbons (Fsp3) is 0.533. The molecule has 0 unspecified atom stereocenters. The average molecular weight is 247 g/mol. The monoisotopic (exact) mass is 247 g/mol. The molecule has 3 heteroatoms. The summed E-state index contributed by atoms with van der Waals surface area (Å²) < 4.78 is 5.10. The topological polar surface area (TPSA) is 29.5 Å². The van der Waals surface area contributed by atoms with E-state index in [1.54, 1.807) is 7.11 Å². The zero-order valence-corrected chi connectivity index (χ0v) is 11.2. The van der Waals surface area contributed by atoms with Gasteiger partial charge in [0.25, 0.3) is 0 Å². The highest BCUT2D eigenvalue weighted by Crippen LogP contribution is 2.27. The molecule has 1 aromatic rings. The van der Waals surface area contributed by atoms with E-state index in [1.807, 2.05) is 4.90 Å². The van der Waals surface area contributed by atoms with Crippen molar-refractivity contribution in [3.63, 3.8) is 0 Å². The molecule has 1 fully saturated rings. The van der Waals surface area contributed by atoms with Crippen LogP contribution in [0.2, 0.25) is 0 Å². The molecule has 1 amide bonds. The van der Waals surface area contributed by atoms with Crippen LogP contribution >= 0.6 is 0 Å². The van der Waals surface area contributed by atoms with E-state index in [-0.39, 0.29) is 0 Å². The minimum Gasteiger partial charge on any atom is -0.384 e.